The average Bonchev–Trinajstić information content (AvgIpc) is 2.66. The minimum absolute atomic E-state index is 0.390. The summed E-state index contributed by atoms with van der Waals surface area (Å²) < 4.78 is 0.584. The number of carbonyl (C=O) groups excluding carboxylic acids is 2. The predicted octanol–water partition coefficient (Wildman–Crippen LogP) is -0.278. The molecule has 0 unspecified atom stereocenters. The molecule has 1 atom stereocenters. The Kier molecular flexibility index (Phi) is 5.37. The van der Waals surface area contributed by atoms with Gasteiger partial charge in [-0.1, -0.05) is 0 Å². The van der Waals surface area contributed by atoms with Gasteiger partial charge in [0.15, 0.2) is 0 Å². The van der Waals surface area contributed by atoms with Gasteiger partial charge in [0.2, 0.25) is 18.2 Å². The van der Waals surface area contributed by atoms with Gasteiger partial charge in [0.05, 0.1) is 0 Å². The van der Waals surface area contributed by atoms with E-state index in [1.165, 1.54) is 23.9 Å². The smallest absolute Gasteiger partial charge is 0.355 e. The van der Waals surface area contributed by atoms with Crippen molar-refractivity contribution in [2.45, 2.75) is 12.5 Å². The maximum atomic E-state index is 11.7. The number of nitrogens with one attached hydrogen (secondary N) is 1. The highest BCUT2D eigenvalue weighted by atomic mass is 32.2. The first kappa shape index (κ1) is 14.2. The summed E-state index contributed by atoms with van der Waals surface area (Å²) in [6.07, 6.45) is 2.66. The van der Waals surface area contributed by atoms with Crippen LogP contribution in [0.25, 0.3) is 0 Å². The summed E-state index contributed by atoms with van der Waals surface area (Å²) in [6.45, 7) is 0. The van der Waals surface area contributed by atoms with E-state index in [1.807, 2.05) is 6.26 Å². The van der Waals surface area contributed by atoms with Crippen LogP contribution in [0.4, 0.5) is 0 Å². The van der Waals surface area contributed by atoms with Crippen LogP contribution in [-0.2, 0) is 9.59 Å². The molecule has 7 nitrogen and oxygen atoms in total. The molecule has 1 aromatic rings. The highest BCUT2D eigenvalue weighted by Gasteiger charge is 2.22. The maximum Gasteiger partial charge on any atom is 0.355 e. The molecular formula is C10H14N2O5S. The number of hydrogen-bond donors (Lipinski definition) is 3. The van der Waals surface area contributed by atoms with Crippen molar-refractivity contribution in [1.82, 2.24) is 10.0 Å². The molecule has 3 N–H and O–H groups in total. The van der Waals surface area contributed by atoms with E-state index in [0.717, 1.165) is 0 Å². The van der Waals surface area contributed by atoms with Crippen LogP contribution in [-0.4, -0.2) is 45.4 Å². The van der Waals surface area contributed by atoms with Gasteiger partial charge in [-0.05, 0) is 18.4 Å². The van der Waals surface area contributed by atoms with Crippen LogP contribution in [0.3, 0.4) is 0 Å². The topological polar surface area (TPSA) is 101 Å². The molecule has 0 saturated carbocycles. The van der Waals surface area contributed by atoms with Crippen molar-refractivity contribution in [3.05, 3.63) is 12.1 Å². The molecule has 0 aromatic carbocycles. The zero-order valence-electron chi connectivity index (χ0n) is 9.70. The van der Waals surface area contributed by atoms with Crippen molar-refractivity contribution in [3.63, 3.8) is 0 Å². The second-order valence-corrected chi connectivity index (χ2v) is 4.36. The van der Waals surface area contributed by atoms with E-state index in [4.69, 9.17) is 4.84 Å². The third-order valence-electron chi connectivity index (χ3n) is 2.14. The van der Waals surface area contributed by atoms with E-state index in [9.17, 15) is 19.8 Å². The van der Waals surface area contributed by atoms with E-state index >= 15 is 0 Å². The van der Waals surface area contributed by atoms with Gasteiger partial charge in [0, 0.05) is 12.1 Å². The highest BCUT2D eigenvalue weighted by Crippen LogP contribution is 2.19. The Morgan fingerprint density at radius 3 is 2.67 bits per heavy atom. The van der Waals surface area contributed by atoms with E-state index in [2.05, 4.69) is 5.32 Å². The second-order valence-electron chi connectivity index (χ2n) is 3.37. The lowest BCUT2D eigenvalue weighted by atomic mass is 10.2. The van der Waals surface area contributed by atoms with Gasteiger partial charge in [0.25, 0.3) is 0 Å². The van der Waals surface area contributed by atoms with Gasteiger partial charge < -0.3 is 20.4 Å². The van der Waals surface area contributed by atoms with E-state index in [0.29, 0.717) is 23.3 Å². The normalized spacial score (nSPS) is 11.8. The summed E-state index contributed by atoms with van der Waals surface area (Å²) in [5, 5.41) is 20.9. The SMILES string of the molecule is CSCC[C@H](NC=O)C(=O)On1c(O)ccc1O. The first-order valence-corrected chi connectivity index (χ1v) is 6.50. The minimum atomic E-state index is -0.823. The number of aromatic nitrogens is 1. The largest absolute Gasteiger partial charge is 0.492 e. The lowest BCUT2D eigenvalue weighted by Crippen LogP contribution is -2.41. The molecule has 1 aromatic heterocycles. The van der Waals surface area contributed by atoms with Gasteiger partial charge in [-0.15, -0.1) is 4.73 Å². The molecule has 1 amide bonds. The van der Waals surface area contributed by atoms with Crippen molar-refractivity contribution in [2.75, 3.05) is 12.0 Å². The van der Waals surface area contributed by atoms with Gasteiger partial charge in [-0.25, -0.2) is 4.79 Å². The van der Waals surface area contributed by atoms with E-state index in [-0.39, 0.29) is 0 Å². The van der Waals surface area contributed by atoms with Gasteiger partial charge in [0.1, 0.15) is 6.04 Å². The fraction of sp³-hybridized carbons (Fsp3) is 0.400. The molecule has 0 aliphatic heterocycles. The van der Waals surface area contributed by atoms with Crippen molar-refractivity contribution < 1.29 is 24.6 Å². The zero-order chi connectivity index (χ0) is 13.5. The standard InChI is InChI=1S/C10H14N2O5S/c1-18-5-4-7(11-6-13)10(16)17-12-8(14)2-3-9(12)15/h2-3,6-7,14-15H,4-5H2,1H3,(H,11,13)/t7-/m0/s1. The molecule has 0 radical (unpaired) electrons. The summed E-state index contributed by atoms with van der Waals surface area (Å²) in [5.74, 6) is -0.923. The zero-order valence-corrected chi connectivity index (χ0v) is 10.5. The molecular weight excluding hydrogens is 260 g/mol. The summed E-state index contributed by atoms with van der Waals surface area (Å²) in [5.41, 5.74) is 0. The molecule has 8 heteroatoms. The molecule has 100 valence electrons. The van der Waals surface area contributed by atoms with E-state index < -0.39 is 23.8 Å². The molecule has 0 aliphatic carbocycles. The Labute approximate surface area is 108 Å². The molecule has 0 aliphatic rings. The van der Waals surface area contributed by atoms with Gasteiger partial charge >= 0.3 is 5.97 Å². The number of carbonyl (C=O) groups is 2. The summed E-state index contributed by atoms with van der Waals surface area (Å²) in [4.78, 5) is 26.9. The predicted molar refractivity (Wildman–Crippen MR) is 65.3 cm³/mol. The maximum absolute atomic E-state index is 11.7. The Bertz CT molecular complexity index is 401. The first-order valence-electron chi connectivity index (χ1n) is 5.10. The Balaban J connectivity index is 2.69. The summed E-state index contributed by atoms with van der Waals surface area (Å²) in [7, 11) is 0. The van der Waals surface area contributed by atoms with Crippen LogP contribution < -0.4 is 10.2 Å². The summed E-state index contributed by atoms with van der Waals surface area (Å²) >= 11 is 1.52. The summed E-state index contributed by atoms with van der Waals surface area (Å²) in [6, 6.07) is 1.52. The number of aromatic hydroxyl groups is 2. The molecule has 1 rings (SSSR count). The third-order valence-corrected chi connectivity index (χ3v) is 2.79. The second kappa shape index (κ2) is 6.80. The number of nitrogens with zero attached hydrogens (tertiary/aromatic N) is 1. The molecule has 0 bridgehead atoms. The van der Waals surface area contributed by atoms with Crippen molar-refractivity contribution in [2.24, 2.45) is 0 Å². The molecule has 18 heavy (non-hydrogen) atoms. The van der Waals surface area contributed by atoms with Crippen LogP contribution >= 0.6 is 11.8 Å². The van der Waals surface area contributed by atoms with Crippen LogP contribution in [0.2, 0.25) is 0 Å². The quantitative estimate of drug-likeness (QED) is 0.591. The molecule has 1 heterocycles. The molecule has 0 fully saturated rings. The fourth-order valence-corrected chi connectivity index (χ4v) is 1.71. The molecule has 0 saturated heterocycles. The Hall–Kier alpha value is -1.83. The lowest BCUT2D eigenvalue weighted by Gasteiger charge is -2.14. The minimum Gasteiger partial charge on any atom is -0.492 e. The van der Waals surface area contributed by atoms with Crippen LogP contribution in [0.15, 0.2) is 12.1 Å². The third kappa shape index (κ3) is 3.59. The Morgan fingerprint density at radius 1 is 1.56 bits per heavy atom. The van der Waals surface area contributed by atoms with Gasteiger partial charge in [-0.2, -0.15) is 11.8 Å². The lowest BCUT2D eigenvalue weighted by molar-refractivity contribution is -0.148. The van der Waals surface area contributed by atoms with E-state index in [1.54, 1.807) is 0 Å². The van der Waals surface area contributed by atoms with Gasteiger partial charge in [-0.3, -0.25) is 4.79 Å². The highest BCUT2D eigenvalue weighted by molar-refractivity contribution is 7.98. The number of hydrogen-bond acceptors (Lipinski definition) is 6. The first-order chi connectivity index (χ1) is 8.60. The number of thioether (sulfide) groups is 1. The number of rotatable bonds is 7. The van der Waals surface area contributed by atoms with Crippen LogP contribution in [0, 0.1) is 0 Å². The van der Waals surface area contributed by atoms with Crippen LogP contribution in [0.5, 0.6) is 11.8 Å². The number of amides is 1. The Morgan fingerprint density at radius 2 is 2.17 bits per heavy atom. The monoisotopic (exact) mass is 274 g/mol. The molecule has 0 spiro atoms. The van der Waals surface area contributed by atoms with Crippen molar-refractivity contribution in [3.8, 4) is 11.8 Å². The van der Waals surface area contributed by atoms with Crippen molar-refractivity contribution in [1.29, 1.82) is 0 Å². The fourth-order valence-electron chi connectivity index (χ4n) is 1.24. The average molecular weight is 274 g/mol. The van der Waals surface area contributed by atoms with Crippen LogP contribution in [0.1, 0.15) is 6.42 Å². The van der Waals surface area contributed by atoms with Crippen molar-refractivity contribution >= 4 is 24.1 Å².